The molecule has 1 amide bonds. The van der Waals surface area contributed by atoms with E-state index in [-0.39, 0.29) is 5.56 Å². The van der Waals surface area contributed by atoms with Gasteiger partial charge in [0.25, 0.3) is 5.91 Å². The van der Waals surface area contributed by atoms with E-state index in [2.05, 4.69) is 10.3 Å². The van der Waals surface area contributed by atoms with Gasteiger partial charge in [0, 0.05) is 13.6 Å². The van der Waals surface area contributed by atoms with E-state index in [1.165, 1.54) is 12.1 Å². The standard InChI is InChI=1S/C18H18FN3O/c1-12-21-16-11-13(7-8-17(16)22(12)2)9-10-20-18(23)14-5-3-4-6-15(14)19/h3-8,11H,9-10H2,1-2H3,(H,20,23). The SMILES string of the molecule is Cc1nc2cc(CCNC(=O)c3ccccc3F)ccc2n1C. The molecule has 23 heavy (non-hydrogen) atoms. The van der Waals surface area contributed by atoms with Gasteiger partial charge in [-0.1, -0.05) is 18.2 Å². The van der Waals surface area contributed by atoms with Gasteiger partial charge in [0.1, 0.15) is 11.6 Å². The van der Waals surface area contributed by atoms with Crippen molar-refractivity contribution in [3.05, 3.63) is 65.2 Å². The Bertz CT molecular complexity index is 870. The molecule has 0 unspecified atom stereocenters. The first-order valence-electron chi connectivity index (χ1n) is 7.51. The van der Waals surface area contributed by atoms with Crippen molar-refractivity contribution in [3.63, 3.8) is 0 Å². The molecule has 3 rings (SSSR count). The van der Waals surface area contributed by atoms with E-state index < -0.39 is 11.7 Å². The Labute approximate surface area is 134 Å². The van der Waals surface area contributed by atoms with Crippen molar-refractivity contribution in [1.82, 2.24) is 14.9 Å². The zero-order valence-corrected chi connectivity index (χ0v) is 13.1. The molecule has 0 spiro atoms. The predicted octanol–water partition coefficient (Wildman–Crippen LogP) is 2.99. The first-order valence-corrected chi connectivity index (χ1v) is 7.51. The molecule has 4 nitrogen and oxygen atoms in total. The zero-order chi connectivity index (χ0) is 16.4. The second-order valence-corrected chi connectivity index (χ2v) is 5.53. The van der Waals surface area contributed by atoms with Crippen molar-refractivity contribution in [2.45, 2.75) is 13.3 Å². The Balaban J connectivity index is 1.65. The lowest BCUT2D eigenvalue weighted by Gasteiger charge is -2.06. The third-order valence-corrected chi connectivity index (χ3v) is 3.99. The quantitative estimate of drug-likeness (QED) is 0.805. The second kappa shape index (κ2) is 6.20. The molecule has 0 aliphatic rings. The third-order valence-electron chi connectivity index (χ3n) is 3.99. The molecule has 1 heterocycles. The molecule has 0 aliphatic carbocycles. The summed E-state index contributed by atoms with van der Waals surface area (Å²) in [5.41, 5.74) is 3.19. The Hall–Kier alpha value is -2.69. The highest BCUT2D eigenvalue weighted by Gasteiger charge is 2.10. The maximum absolute atomic E-state index is 13.5. The van der Waals surface area contributed by atoms with Crippen molar-refractivity contribution in [3.8, 4) is 0 Å². The zero-order valence-electron chi connectivity index (χ0n) is 13.1. The number of hydrogen-bond donors (Lipinski definition) is 1. The molecule has 0 aliphatic heterocycles. The number of imidazole rings is 1. The molecule has 1 N–H and O–H groups in total. The number of carbonyl (C=O) groups excluding carboxylic acids is 1. The summed E-state index contributed by atoms with van der Waals surface area (Å²) < 4.78 is 15.6. The third kappa shape index (κ3) is 3.08. The van der Waals surface area contributed by atoms with Crippen LogP contribution in [0.5, 0.6) is 0 Å². The number of benzene rings is 2. The van der Waals surface area contributed by atoms with E-state index >= 15 is 0 Å². The summed E-state index contributed by atoms with van der Waals surface area (Å²) in [7, 11) is 1.99. The average Bonchev–Trinajstić information content (AvgIpc) is 2.82. The molecule has 118 valence electrons. The van der Waals surface area contributed by atoms with Crippen LogP contribution >= 0.6 is 0 Å². The van der Waals surface area contributed by atoms with Crippen LogP contribution in [0.4, 0.5) is 4.39 Å². The van der Waals surface area contributed by atoms with Gasteiger partial charge in [-0.05, 0) is 43.2 Å². The lowest BCUT2D eigenvalue weighted by Crippen LogP contribution is -2.26. The molecule has 5 heteroatoms. The van der Waals surface area contributed by atoms with Crippen LogP contribution < -0.4 is 5.32 Å². The van der Waals surface area contributed by atoms with Crippen LogP contribution in [0.3, 0.4) is 0 Å². The first-order chi connectivity index (χ1) is 11.1. The number of amides is 1. The molecule has 0 fully saturated rings. The topological polar surface area (TPSA) is 46.9 Å². The van der Waals surface area contributed by atoms with Gasteiger partial charge in [-0.15, -0.1) is 0 Å². The highest BCUT2D eigenvalue weighted by Crippen LogP contribution is 2.16. The number of nitrogens with zero attached hydrogens (tertiary/aromatic N) is 2. The number of rotatable bonds is 4. The van der Waals surface area contributed by atoms with Crippen LogP contribution in [0.15, 0.2) is 42.5 Å². The fraction of sp³-hybridized carbons (Fsp3) is 0.222. The largest absolute Gasteiger partial charge is 0.352 e. The minimum Gasteiger partial charge on any atom is -0.352 e. The van der Waals surface area contributed by atoms with Crippen LogP contribution in [0.1, 0.15) is 21.7 Å². The molecule has 0 atom stereocenters. The fourth-order valence-corrected chi connectivity index (χ4v) is 2.58. The van der Waals surface area contributed by atoms with Crippen LogP contribution in [0.25, 0.3) is 11.0 Å². The van der Waals surface area contributed by atoms with Gasteiger partial charge in [-0.2, -0.15) is 0 Å². The van der Waals surface area contributed by atoms with E-state index in [0.29, 0.717) is 13.0 Å². The van der Waals surface area contributed by atoms with Crippen LogP contribution in [0, 0.1) is 12.7 Å². The van der Waals surface area contributed by atoms with E-state index in [1.807, 2.05) is 36.7 Å². The maximum Gasteiger partial charge on any atom is 0.254 e. The molecule has 3 aromatic rings. The molecule has 1 aromatic heterocycles. The number of halogens is 1. The van der Waals surface area contributed by atoms with Gasteiger partial charge in [0.2, 0.25) is 0 Å². The number of aromatic nitrogens is 2. The summed E-state index contributed by atoms with van der Waals surface area (Å²) in [5, 5.41) is 2.75. The smallest absolute Gasteiger partial charge is 0.254 e. The van der Waals surface area contributed by atoms with Gasteiger partial charge in [-0.25, -0.2) is 9.37 Å². The van der Waals surface area contributed by atoms with Gasteiger partial charge in [0.05, 0.1) is 16.6 Å². The Morgan fingerprint density at radius 2 is 2.04 bits per heavy atom. The second-order valence-electron chi connectivity index (χ2n) is 5.53. The van der Waals surface area contributed by atoms with E-state index in [9.17, 15) is 9.18 Å². The average molecular weight is 311 g/mol. The number of fused-ring (bicyclic) bond motifs is 1. The van der Waals surface area contributed by atoms with Crippen molar-refractivity contribution < 1.29 is 9.18 Å². The summed E-state index contributed by atoms with van der Waals surface area (Å²) >= 11 is 0. The summed E-state index contributed by atoms with van der Waals surface area (Å²) in [4.78, 5) is 16.5. The Morgan fingerprint density at radius 3 is 2.83 bits per heavy atom. The highest BCUT2D eigenvalue weighted by molar-refractivity contribution is 5.94. The number of carbonyl (C=O) groups is 1. The van der Waals surface area contributed by atoms with Gasteiger partial charge in [0.15, 0.2) is 0 Å². The van der Waals surface area contributed by atoms with Crippen LogP contribution in [-0.2, 0) is 13.5 Å². The number of nitrogens with one attached hydrogen (secondary N) is 1. The Morgan fingerprint density at radius 1 is 1.26 bits per heavy atom. The number of aryl methyl sites for hydroxylation is 2. The fourth-order valence-electron chi connectivity index (χ4n) is 2.58. The monoisotopic (exact) mass is 311 g/mol. The summed E-state index contributed by atoms with van der Waals surface area (Å²) in [6, 6.07) is 12.1. The minimum atomic E-state index is -0.504. The predicted molar refractivity (Wildman–Crippen MR) is 87.9 cm³/mol. The minimum absolute atomic E-state index is 0.0725. The lowest BCUT2D eigenvalue weighted by atomic mass is 10.1. The van der Waals surface area contributed by atoms with E-state index in [4.69, 9.17) is 0 Å². The van der Waals surface area contributed by atoms with Gasteiger partial charge in [-0.3, -0.25) is 4.79 Å². The summed E-state index contributed by atoms with van der Waals surface area (Å²) in [6.07, 6.45) is 0.672. The van der Waals surface area contributed by atoms with Crippen LogP contribution in [0.2, 0.25) is 0 Å². The summed E-state index contributed by atoms with van der Waals surface area (Å²) in [6.45, 7) is 2.42. The van der Waals surface area contributed by atoms with E-state index in [0.717, 1.165) is 22.4 Å². The van der Waals surface area contributed by atoms with Crippen molar-refractivity contribution >= 4 is 16.9 Å². The molecule has 0 saturated carbocycles. The molecular formula is C18H18FN3O. The Kier molecular flexibility index (Phi) is 4.10. The van der Waals surface area contributed by atoms with Gasteiger partial charge < -0.3 is 9.88 Å². The highest BCUT2D eigenvalue weighted by atomic mass is 19.1. The lowest BCUT2D eigenvalue weighted by molar-refractivity contribution is 0.0950. The molecule has 2 aromatic carbocycles. The van der Waals surface area contributed by atoms with Gasteiger partial charge >= 0.3 is 0 Å². The van der Waals surface area contributed by atoms with Crippen LogP contribution in [-0.4, -0.2) is 22.0 Å². The van der Waals surface area contributed by atoms with Crippen molar-refractivity contribution in [2.24, 2.45) is 7.05 Å². The number of hydrogen-bond acceptors (Lipinski definition) is 2. The van der Waals surface area contributed by atoms with E-state index in [1.54, 1.807) is 12.1 Å². The summed E-state index contributed by atoms with van der Waals surface area (Å²) in [5.74, 6) is 0.0678. The van der Waals surface area contributed by atoms with Crippen molar-refractivity contribution in [2.75, 3.05) is 6.54 Å². The molecular weight excluding hydrogens is 293 g/mol. The molecule has 0 bridgehead atoms. The normalized spacial score (nSPS) is 10.9. The molecule has 0 saturated heterocycles. The molecule has 0 radical (unpaired) electrons. The maximum atomic E-state index is 13.5. The first kappa shape index (κ1) is 15.2. The van der Waals surface area contributed by atoms with Crippen molar-refractivity contribution in [1.29, 1.82) is 0 Å².